The number of carbonyl (C=O) groups excluding carboxylic acids is 3. The minimum atomic E-state index is -0.509. The molecule has 0 radical (unpaired) electrons. The van der Waals surface area contributed by atoms with Gasteiger partial charge in [-0.05, 0) is 12.8 Å². The maximum Gasteiger partial charge on any atom is 0.328 e. The van der Waals surface area contributed by atoms with E-state index in [1.165, 1.54) is 0 Å². The maximum absolute atomic E-state index is 12.4. The van der Waals surface area contributed by atoms with E-state index in [0.717, 1.165) is 6.42 Å². The molecule has 0 aliphatic carbocycles. The second-order valence-electron chi connectivity index (χ2n) is 6.01. The molecule has 6 heteroatoms. The average molecular weight is 309 g/mol. The van der Waals surface area contributed by atoms with Gasteiger partial charge in [-0.2, -0.15) is 0 Å². The van der Waals surface area contributed by atoms with Gasteiger partial charge < -0.3 is 14.4 Å². The van der Waals surface area contributed by atoms with Crippen LogP contribution in [0, 0.1) is 11.8 Å². The lowest BCUT2D eigenvalue weighted by atomic mass is 10.1. The first-order chi connectivity index (χ1) is 10.5. The normalized spacial score (nSPS) is 31.3. The molecule has 0 bridgehead atoms. The van der Waals surface area contributed by atoms with Crippen molar-refractivity contribution in [3.05, 3.63) is 12.2 Å². The Morgan fingerprint density at radius 1 is 1.14 bits per heavy atom. The van der Waals surface area contributed by atoms with Crippen molar-refractivity contribution in [1.29, 1.82) is 0 Å². The quantitative estimate of drug-likeness (QED) is 0.498. The molecule has 1 amide bonds. The second-order valence-corrected chi connectivity index (χ2v) is 6.01. The van der Waals surface area contributed by atoms with Gasteiger partial charge in [0.15, 0.2) is 0 Å². The van der Waals surface area contributed by atoms with Gasteiger partial charge in [-0.25, -0.2) is 4.79 Å². The summed E-state index contributed by atoms with van der Waals surface area (Å²) in [4.78, 5) is 37.8. The van der Waals surface area contributed by atoms with Crippen molar-refractivity contribution in [3.8, 4) is 0 Å². The van der Waals surface area contributed by atoms with Crippen LogP contribution in [0.5, 0.6) is 0 Å². The molecular weight excluding hydrogens is 286 g/mol. The van der Waals surface area contributed by atoms with Gasteiger partial charge in [0.1, 0.15) is 12.6 Å². The van der Waals surface area contributed by atoms with Crippen molar-refractivity contribution >= 4 is 17.8 Å². The van der Waals surface area contributed by atoms with Crippen molar-refractivity contribution in [1.82, 2.24) is 4.90 Å². The van der Waals surface area contributed by atoms with Crippen LogP contribution in [0.3, 0.4) is 0 Å². The zero-order chi connectivity index (χ0) is 16.1. The van der Waals surface area contributed by atoms with E-state index in [1.807, 2.05) is 13.0 Å². The maximum atomic E-state index is 12.4. The van der Waals surface area contributed by atoms with E-state index in [0.29, 0.717) is 13.0 Å². The Balaban J connectivity index is 2.13. The van der Waals surface area contributed by atoms with E-state index in [4.69, 9.17) is 9.47 Å². The summed E-state index contributed by atoms with van der Waals surface area (Å²) in [7, 11) is 0. The summed E-state index contributed by atoms with van der Waals surface area (Å²) < 4.78 is 10.4. The van der Waals surface area contributed by atoms with E-state index in [9.17, 15) is 14.4 Å². The van der Waals surface area contributed by atoms with Crippen LogP contribution in [0.25, 0.3) is 0 Å². The van der Waals surface area contributed by atoms with Gasteiger partial charge in [0.25, 0.3) is 0 Å². The Morgan fingerprint density at radius 2 is 1.91 bits per heavy atom. The SMILES string of the molecule is C[C@H]1C=CCC(=O)OC[C@H](C)C(=O)N2CCC[C@H]2C(=O)OC1. The number of amides is 1. The number of rotatable bonds is 0. The van der Waals surface area contributed by atoms with Gasteiger partial charge in [0, 0.05) is 12.5 Å². The van der Waals surface area contributed by atoms with Gasteiger partial charge in [0.05, 0.1) is 18.9 Å². The summed E-state index contributed by atoms with van der Waals surface area (Å²) >= 11 is 0. The van der Waals surface area contributed by atoms with Gasteiger partial charge in [-0.3, -0.25) is 9.59 Å². The van der Waals surface area contributed by atoms with Gasteiger partial charge in [-0.15, -0.1) is 0 Å². The Kier molecular flexibility index (Phi) is 5.57. The molecule has 0 spiro atoms. The van der Waals surface area contributed by atoms with Crippen molar-refractivity contribution < 1.29 is 23.9 Å². The van der Waals surface area contributed by atoms with Crippen LogP contribution in [-0.2, 0) is 23.9 Å². The standard InChI is InChI=1S/C16H23NO5/c1-11-5-3-7-14(18)21-10-12(2)15(19)17-8-4-6-13(17)16(20)22-9-11/h3,5,11-13H,4,6-10H2,1-2H3/t11-,12-,13-/m0/s1. The predicted molar refractivity (Wildman–Crippen MR) is 78.7 cm³/mol. The Hall–Kier alpha value is -1.85. The second kappa shape index (κ2) is 7.42. The van der Waals surface area contributed by atoms with Crippen molar-refractivity contribution in [2.45, 2.75) is 39.2 Å². The monoisotopic (exact) mass is 309 g/mol. The Labute approximate surface area is 130 Å². The smallest absolute Gasteiger partial charge is 0.328 e. The summed E-state index contributed by atoms with van der Waals surface area (Å²) in [6.45, 7) is 4.45. The van der Waals surface area contributed by atoms with Crippen LogP contribution < -0.4 is 0 Å². The van der Waals surface area contributed by atoms with E-state index >= 15 is 0 Å². The van der Waals surface area contributed by atoms with E-state index in [-0.39, 0.29) is 43.4 Å². The van der Waals surface area contributed by atoms with Crippen LogP contribution in [0.15, 0.2) is 12.2 Å². The number of carbonyl (C=O) groups is 3. The van der Waals surface area contributed by atoms with Gasteiger partial charge in [0.2, 0.25) is 5.91 Å². The van der Waals surface area contributed by atoms with Crippen molar-refractivity contribution in [2.75, 3.05) is 19.8 Å². The van der Waals surface area contributed by atoms with Crippen LogP contribution in [0.1, 0.15) is 33.1 Å². The van der Waals surface area contributed by atoms with E-state index in [2.05, 4.69) is 0 Å². The molecule has 2 heterocycles. The van der Waals surface area contributed by atoms with Crippen LogP contribution in [0.4, 0.5) is 0 Å². The van der Waals surface area contributed by atoms with Crippen LogP contribution in [0.2, 0.25) is 0 Å². The minimum absolute atomic E-state index is 0.0177. The third-order valence-electron chi connectivity index (χ3n) is 3.96. The molecule has 2 rings (SSSR count). The molecule has 0 aromatic heterocycles. The number of nitrogens with zero attached hydrogens (tertiary/aromatic N) is 1. The summed E-state index contributed by atoms with van der Waals surface area (Å²) in [6.07, 6.45) is 5.11. The molecule has 0 aromatic carbocycles. The first-order valence-electron chi connectivity index (χ1n) is 7.78. The number of ether oxygens (including phenoxy) is 2. The summed E-state index contributed by atoms with van der Waals surface area (Å²) in [5, 5.41) is 0. The fraction of sp³-hybridized carbons (Fsp3) is 0.688. The highest BCUT2D eigenvalue weighted by molar-refractivity contribution is 5.86. The predicted octanol–water partition coefficient (Wildman–Crippen LogP) is 1.30. The molecule has 122 valence electrons. The minimum Gasteiger partial charge on any atom is -0.465 e. The summed E-state index contributed by atoms with van der Waals surface area (Å²) in [5.74, 6) is -1.29. The van der Waals surface area contributed by atoms with Crippen LogP contribution in [-0.4, -0.2) is 48.5 Å². The molecule has 1 saturated heterocycles. The molecule has 22 heavy (non-hydrogen) atoms. The fourth-order valence-electron chi connectivity index (χ4n) is 2.67. The third-order valence-corrected chi connectivity index (χ3v) is 3.96. The summed E-state index contributed by atoms with van der Waals surface area (Å²) in [6, 6.07) is -0.509. The first-order valence-corrected chi connectivity index (χ1v) is 7.78. The molecule has 0 saturated carbocycles. The largest absolute Gasteiger partial charge is 0.465 e. The zero-order valence-corrected chi connectivity index (χ0v) is 13.1. The first kappa shape index (κ1) is 16.5. The van der Waals surface area contributed by atoms with E-state index < -0.39 is 12.0 Å². The molecule has 2 aliphatic rings. The average Bonchev–Trinajstić information content (AvgIpc) is 2.98. The molecular formula is C16H23NO5. The number of esters is 2. The van der Waals surface area contributed by atoms with Crippen LogP contribution >= 0.6 is 0 Å². The third kappa shape index (κ3) is 4.08. The molecule has 0 aromatic rings. The highest BCUT2D eigenvalue weighted by Crippen LogP contribution is 2.21. The van der Waals surface area contributed by atoms with E-state index in [1.54, 1.807) is 17.9 Å². The molecule has 2 aliphatic heterocycles. The summed E-state index contributed by atoms with van der Waals surface area (Å²) in [5.41, 5.74) is 0. The Morgan fingerprint density at radius 3 is 2.68 bits per heavy atom. The topological polar surface area (TPSA) is 72.9 Å². The lowest BCUT2D eigenvalue weighted by Crippen LogP contribution is -2.45. The lowest BCUT2D eigenvalue weighted by Gasteiger charge is -2.26. The highest BCUT2D eigenvalue weighted by atomic mass is 16.5. The number of hydrogen-bond donors (Lipinski definition) is 0. The van der Waals surface area contributed by atoms with Crippen molar-refractivity contribution in [2.24, 2.45) is 11.8 Å². The molecule has 0 N–H and O–H groups in total. The van der Waals surface area contributed by atoms with Crippen molar-refractivity contribution in [3.63, 3.8) is 0 Å². The molecule has 6 nitrogen and oxygen atoms in total. The fourth-order valence-corrected chi connectivity index (χ4v) is 2.67. The van der Waals surface area contributed by atoms with Gasteiger partial charge in [-0.1, -0.05) is 26.0 Å². The Bertz CT molecular complexity index is 473. The molecule has 1 fully saturated rings. The highest BCUT2D eigenvalue weighted by Gasteiger charge is 2.37. The number of fused-ring (bicyclic) bond motifs is 1. The zero-order valence-electron chi connectivity index (χ0n) is 13.1. The molecule has 0 unspecified atom stereocenters. The molecule has 3 atom stereocenters. The van der Waals surface area contributed by atoms with Gasteiger partial charge >= 0.3 is 11.9 Å². The number of cyclic esters (lactones) is 2. The lowest BCUT2D eigenvalue weighted by molar-refractivity contribution is -0.157. The number of hydrogen-bond acceptors (Lipinski definition) is 5.